The van der Waals surface area contributed by atoms with Gasteiger partial charge in [0.05, 0.1) is 11.0 Å². The van der Waals surface area contributed by atoms with Crippen molar-refractivity contribution < 1.29 is 0 Å². The summed E-state index contributed by atoms with van der Waals surface area (Å²) in [6.07, 6.45) is 10.3. The predicted octanol–water partition coefficient (Wildman–Crippen LogP) is 5.62. The normalized spacial score (nSPS) is 11.4. The highest BCUT2D eigenvalue weighted by atomic mass is 14.7. The molecule has 24 heavy (non-hydrogen) atoms. The lowest BCUT2D eigenvalue weighted by Crippen LogP contribution is -1.97. The molecule has 0 amide bonds. The Morgan fingerprint density at radius 2 is 1.38 bits per heavy atom. The van der Waals surface area contributed by atoms with Crippen LogP contribution in [0, 0.1) is 0 Å². The molecule has 0 saturated carbocycles. The summed E-state index contributed by atoms with van der Waals surface area (Å²) < 4.78 is 0. The topological polar surface area (TPSA) is 38.9 Å². The summed E-state index contributed by atoms with van der Waals surface area (Å²) in [5, 5.41) is 2.48. The molecule has 0 saturated heterocycles. The van der Waals surface area contributed by atoms with E-state index in [1.807, 2.05) is 6.07 Å². The Kier molecular flexibility index (Phi) is 6.20. The summed E-state index contributed by atoms with van der Waals surface area (Å²) in [4.78, 5) is 4.76. The maximum absolute atomic E-state index is 5.52. The quantitative estimate of drug-likeness (QED) is 0.410. The molecule has 0 aliphatic rings. The first-order chi connectivity index (χ1) is 11.9. The zero-order valence-electron chi connectivity index (χ0n) is 14.5. The Hall–Kier alpha value is -1.93. The maximum Gasteiger partial charge on any atom is 0.0709 e. The molecule has 0 aliphatic heterocycles. The Balaban J connectivity index is 1.53. The van der Waals surface area contributed by atoms with Crippen molar-refractivity contribution in [2.24, 2.45) is 5.73 Å². The molecule has 0 bridgehead atoms. The monoisotopic (exact) mass is 320 g/mol. The number of rotatable bonds is 9. The third kappa shape index (κ3) is 4.55. The molecule has 0 atom stereocenters. The second kappa shape index (κ2) is 8.79. The van der Waals surface area contributed by atoms with Crippen LogP contribution in [0.2, 0.25) is 0 Å². The second-order valence-electron chi connectivity index (χ2n) is 6.72. The fourth-order valence-electron chi connectivity index (χ4n) is 3.34. The standard InChI is InChI=1S/C22H28N2/c23-15-9-5-3-1-2-4-6-10-18-13-14-22-20(16-18)17-19-11-7-8-12-21(19)24-22/h7-8,11-14,16-17H,1-6,9-10,15,23H2. The number of aryl methyl sites for hydroxylation is 1. The number of pyridine rings is 1. The van der Waals surface area contributed by atoms with Crippen LogP contribution in [0.15, 0.2) is 48.5 Å². The number of benzene rings is 2. The van der Waals surface area contributed by atoms with Crippen molar-refractivity contribution in [2.45, 2.75) is 51.4 Å². The molecule has 2 aromatic carbocycles. The van der Waals surface area contributed by atoms with Crippen molar-refractivity contribution >= 4 is 21.8 Å². The van der Waals surface area contributed by atoms with Gasteiger partial charge in [0, 0.05) is 10.8 Å². The van der Waals surface area contributed by atoms with Crippen molar-refractivity contribution in [3.63, 3.8) is 0 Å². The van der Waals surface area contributed by atoms with Gasteiger partial charge >= 0.3 is 0 Å². The van der Waals surface area contributed by atoms with Gasteiger partial charge in [0.25, 0.3) is 0 Å². The van der Waals surface area contributed by atoms with Gasteiger partial charge < -0.3 is 5.73 Å². The van der Waals surface area contributed by atoms with E-state index in [0.717, 1.165) is 17.6 Å². The van der Waals surface area contributed by atoms with Crippen LogP contribution in [0.5, 0.6) is 0 Å². The van der Waals surface area contributed by atoms with Crippen LogP contribution >= 0.6 is 0 Å². The van der Waals surface area contributed by atoms with Gasteiger partial charge in [0.2, 0.25) is 0 Å². The molecule has 126 valence electrons. The van der Waals surface area contributed by atoms with E-state index in [-0.39, 0.29) is 0 Å². The number of aromatic nitrogens is 1. The number of para-hydroxylation sites is 1. The van der Waals surface area contributed by atoms with Crippen molar-refractivity contribution in [3.8, 4) is 0 Å². The summed E-state index contributed by atoms with van der Waals surface area (Å²) in [5.41, 5.74) is 9.13. The molecule has 0 spiro atoms. The van der Waals surface area contributed by atoms with E-state index in [1.54, 1.807) is 0 Å². The SMILES string of the molecule is NCCCCCCCCCc1ccc2nc3ccccc3cc2c1. The summed E-state index contributed by atoms with van der Waals surface area (Å²) in [5.74, 6) is 0. The minimum atomic E-state index is 0.839. The van der Waals surface area contributed by atoms with Crippen LogP contribution in [0.3, 0.4) is 0 Å². The first kappa shape index (κ1) is 16.9. The lowest BCUT2D eigenvalue weighted by atomic mass is 10.0. The molecular formula is C22H28N2. The number of hydrogen-bond donors (Lipinski definition) is 1. The molecule has 1 heterocycles. The Morgan fingerprint density at radius 3 is 2.21 bits per heavy atom. The number of hydrogen-bond acceptors (Lipinski definition) is 2. The molecule has 2 N–H and O–H groups in total. The van der Waals surface area contributed by atoms with E-state index in [0.29, 0.717) is 0 Å². The Bertz CT molecular complexity index is 779. The van der Waals surface area contributed by atoms with Gasteiger partial charge in [-0.05, 0) is 55.6 Å². The average Bonchev–Trinajstić information content (AvgIpc) is 2.62. The van der Waals surface area contributed by atoms with Crippen molar-refractivity contribution in [1.29, 1.82) is 0 Å². The number of fused-ring (bicyclic) bond motifs is 2. The molecule has 0 radical (unpaired) electrons. The van der Waals surface area contributed by atoms with Gasteiger partial charge in [-0.1, -0.05) is 56.4 Å². The first-order valence-corrected chi connectivity index (χ1v) is 9.35. The Morgan fingerprint density at radius 1 is 0.667 bits per heavy atom. The highest BCUT2D eigenvalue weighted by molar-refractivity contribution is 5.92. The number of nitrogens with two attached hydrogens (primary N) is 1. The van der Waals surface area contributed by atoms with Crippen molar-refractivity contribution in [2.75, 3.05) is 6.54 Å². The number of nitrogens with zero attached hydrogens (tertiary/aromatic N) is 1. The van der Waals surface area contributed by atoms with E-state index < -0.39 is 0 Å². The smallest absolute Gasteiger partial charge is 0.0709 e. The summed E-state index contributed by atoms with van der Waals surface area (Å²) in [7, 11) is 0. The molecule has 2 nitrogen and oxygen atoms in total. The molecule has 3 aromatic rings. The number of unbranched alkanes of at least 4 members (excludes halogenated alkanes) is 6. The van der Waals surface area contributed by atoms with E-state index in [1.165, 1.54) is 67.7 Å². The largest absolute Gasteiger partial charge is 0.330 e. The fourth-order valence-corrected chi connectivity index (χ4v) is 3.34. The second-order valence-corrected chi connectivity index (χ2v) is 6.72. The van der Waals surface area contributed by atoms with Crippen LogP contribution in [-0.2, 0) is 6.42 Å². The van der Waals surface area contributed by atoms with E-state index in [4.69, 9.17) is 10.7 Å². The summed E-state index contributed by atoms with van der Waals surface area (Å²) in [6, 6.07) is 17.3. The minimum absolute atomic E-state index is 0.839. The minimum Gasteiger partial charge on any atom is -0.330 e. The van der Waals surface area contributed by atoms with Crippen molar-refractivity contribution in [3.05, 3.63) is 54.1 Å². The third-order valence-corrected chi connectivity index (χ3v) is 4.75. The Labute approximate surface area is 145 Å². The maximum atomic E-state index is 5.52. The van der Waals surface area contributed by atoms with E-state index in [9.17, 15) is 0 Å². The zero-order valence-corrected chi connectivity index (χ0v) is 14.5. The summed E-state index contributed by atoms with van der Waals surface area (Å²) >= 11 is 0. The molecule has 1 aromatic heterocycles. The average molecular weight is 320 g/mol. The van der Waals surface area contributed by atoms with Crippen LogP contribution in [-0.4, -0.2) is 11.5 Å². The van der Waals surface area contributed by atoms with Gasteiger partial charge in [0.1, 0.15) is 0 Å². The van der Waals surface area contributed by atoms with Gasteiger partial charge in [-0.3, -0.25) is 0 Å². The predicted molar refractivity (Wildman–Crippen MR) is 104 cm³/mol. The lowest BCUT2D eigenvalue weighted by Gasteiger charge is -2.06. The zero-order chi connectivity index (χ0) is 16.6. The fraction of sp³-hybridized carbons (Fsp3) is 0.409. The van der Waals surface area contributed by atoms with Gasteiger partial charge in [-0.25, -0.2) is 4.98 Å². The highest BCUT2D eigenvalue weighted by Gasteiger charge is 2.01. The van der Waals surface area contributed by atoms with Crippen LogP contribution in [0.4, 0.5) is 0 Å². The van der Waals surface area contributed by atoms with Gasteiger partial charge in [0.15, 0.2) is 0 Å². The van der Waals surface area contributed by atoms with Crippen LogP contribution in [0.25, 0.3) is 21.8 Å². The molecule has 0 unspecified atom stereocenters. The molecule has 3 rings (SSSR count). The van der Waals surface area contributed by atoms with Crippen LogP contribution < -0.4 is 5.73 Å². The lowest BCUT2D eigenvalue weighted by molar-refractivity contribution is 0.582. The molecule has 0 aliphatic carbocycles. The van der Waals surface area contributed by atoms with E-state index >= 15 is 0 Å². The molecule has 0 fully saturated rings. The van der Waals surface area contributed by atoms with E-state index in [2.05, 4.69) is 42.5 Å². The third-order valence-electron chi connectivity index (χ3n) is 4.75. The van der Waals surface area contributed by atoms with Gasteiger partial charge in [-0.15, -0.1) is 0 Å². The first-order valence-electron chi connectivity index (χ1n) is 9.35. The van der Waals surface area contributed by atoms with Gasteiger partial charge in [-0.2, -0.15) is 0 Å². The molecule has 2 heteroatoms. The highest BCUT2D eigenvalue weighted by Crippen LogP contribution is 2.21. The molecular weight excluding hydrogens is 292 g/mol. The van der Waals surface area contributed by atoms with Crippen molar-refractivity contribution in [1.82, 2.24) is 4.98 Å². The van der Waals surface area contributed by atoms with Crippen LogP contribution in [0.1, 0.15) is 50.5 Å². The summed E-state index contributed by atoms with van der Waals surface area (Å²) in [6.45, 7) is 0.839.